The first-order valence-corrected chi connectivity index (χ1v) is 4.37. The van der Waals surface area contributed by atoms with Gasteiger partial charge in [0.05, 0.1) is 6.42 Å². The highest BCUT2D eigenvalue weighted by atomic mass is 16.4. The summed E-state index contributed by atoms with van der Waals surface area (Å²) in [5.41, 5.74) is 1.02. The predicted octanol–water partition coefficient (Wildman–Crippen LogP) is 0.886. The molecule has 1 amide bonds. The Bertz CT molecular complexity index is 303. The van der Waals surface area contributed by atoms with E-state index >= 15 is 0 Å². The average molecular weight is 194 g/mol. The molecule has 0 aliphatic rings. The molecule has 0 fully saturated rings. The lowest BCUT2D eigenvalue weighted by atomic mass is 10.3. The van der Waals surface area contributed by atoms with Crippen LogP contribution in [-0.4, -0.2) is 17.0 Å². The van der Waals surface area contributed by atoms with Crippen LogP contribution in [0.1, 0.15) is 18.4 Å². The SMILES string of the molecule is O=C(O)CCC(=O)NC[c-]1cccc1. The molecule has 0 radical (unpaired) electrons. The van der Waals surface area contributed by atoms with E-state index in [1.165, 1.54) is 0 Å². The van der Waals surface area contributed by atoms with Gasteiger partial charge in [-0.15, -0.1) is 5.56 Å². The van der Waals surface area contributed by atoms with Gasteiger partial charge in [-0.2, -0.15) is 12.1 Å². The van der Waals surface area contributed by atoms with Crippen LogP contribution in [0.25, 0.3) is 0 Å². The summed E-state index contributed by atoms with van der Waals surface area (Å²) in [6.07, 6.45) is -0.0805. The quantitative estimate of drug-likeness (QED) is 0.684. The summed E-state index contributed by atoms with van der Waals surface area (Å²) < 4.78 is 0. The summed E-state index contributed by atoms with van der Waals surface area (Å²) in [7, 11) is 0. The molecule has 1 aromatic carbocycles. The first-order valence-electron chi connectivity index (χ1n) is 4.37. The van der Waals surface area contributed by atoms with E-state index in [2.05, 4.69) is 5.32 Å². The zero-order chi connectivity index (χ0) is 10.4. The van der Waals surface area contributed by atoms with E-state index in [1.54, 1.807) is 0 Å². The molecule has 0 spiro atoms. The van der Waals surface area contributed by atoms with E-state index < -0.39 is 5.97 Å². The normalized spacial score (nSPS) is 9.71. The molecule has 0 bridgehead atoms. The molecule has 0 unspecified atom stereocenters. The van der Waals surface area contributed by atoms with Gasteiger partial charge in [-0.25, -0.2) is 12.1 Å². The van der Waals surface area contributed by atoms with Crippen molar-refractivity contribution in [3.05, 3.63) is 29.8 Å². The zero-order valence-corrected chi connectivity index (χ0v) is 7.69. The maximum atomic E-state index is 11.1. The third kappa shape index (κ3) is 3.80. The Hall–Kier alpha value is -1.71. The van der Waals surface area contributed by atoms with Crippen molar-refractivity contribution in [1.82, 2.24) is 5.32 Å². The highest BCUT2D eigenvalue weighted by Gasteiger charge is 2.03. The van der Waals surface area contributed by atoms with Crippen LogP contribution in [0.4, 0.5) is 0 Å². The van der Waals surface area contributed by atoms with Crippen LogP contribution < -0.4 is 5.32 Å². The minimum atomic E-state index is -0.950. The first kappa shape index (κ1) is 10.4. The summed E-state index contributed by atoms with van der Waals surface area (Å²) >= 11 is 0. The van der Waals surface area contributed by atoms with Gasteiger partial charge in [0.25, 0.3) is 0 Å². The first-order chi connectivity index (χ1) is 6.68. The second-order valence-electron chi connectivity index (χ2n) is 2.96. The van der Waals surface area contributed by atoms with E-state index in [-0.39, 0.29) is 18.7 Å². The second kappa shape index (κ2) is 5.11. The summed E-state index contributed by atoms with van der Waals surface area (Å²) in [6.45, 7) is 0.464. The molecule has 0 aliphatic heterocycles. The standard InChI is InChI=1S/C10H12NO3/c12-9(5-6-10(13)14)11-7-8-3-1-2-4-8/h1-4H,5-7H2,(H,11,12)(H,13,14)/q-1. The Morgan fingerprint density at radius 3 is 2.43 bits per heavy atom. The molecule has 0 heterocycles. The maximum absolute atomic E-state index is 11.1. The Morgan fingerprint density at radius 2 is 1.86 bits per heavy atom. The number of carboxylic acids is 1. The van der Waals surface area contributed by atoms with Crippen molar-refractivity contribution >= 4 is 11.9 Å². The lowest BCUT2D eigenvalue weighted by molar-refractivity contribution is -0.138. The fourth-order valence-electron chi connectivity index (χ4n) is 1.04. The largest absolute Gasteiger partial charge is 0.481 e. The van der Waals surface area contributed by atoms with Gasteiger partial charge in [0.1, 0.15) is 0 Å². The molecule has 4 heteroatoms. The average Bonchev–Trinajstić information content (AvgIpc) is 2.63. The summed E-state index contributed by atoms with van der Waals surface area (Å²) in [6, 6.07) is 7.58. The van der Waals surface area contributed by atoms with E-state index in [0.717, 1.165) is 5.56 Å². The molecule has 0 aromatic heterocycles. The van der Waals surface area contributed by atoms with Crippen molar-refractivity contribution in [2.45, 2.75) is 19.4 Å². The van der Waals surface area contributed by atoms with Crippen LogP contribution in [0.15, 0.2) is 24.3 Å². The van der Waals surface area contributed by atoms with E-state index in [1.807, 2.05) is 24.3 Å². The van der Waals surface area contributed by atoms with Crippen molar-refractivity contribution in [2.75, 3.05) is 0 Å². The minimum Gasteiger partial charge on any atom is -0.481 e. The Morgan fingerprint density at radius 1 is 1.21 bits per heavy atom. The molecule has 1 aromatic rings. The van der Waals surface area contributed by atoms with E-state index in [0.29, 0.717) is 6.54 Å². The van der Waals surface area contributed by atoms with Crippen LogP contribution in [0.2, 0.25) is 0 Å². The van der Waals surface area contributed by atoms with Crippen LogP contribution in [0, 0.1) is 0 Å². The van der Waals surface area contributed by atoms with Crippen molar-refractivity contribution < 1.29 is 14.7 Å². The lowest BCUT2D eigenvalue weighted by Gasteiger charge is -2.05. The number of nitrogens with one attached hydrogen (secondary N) is 1. The van der Waals surface area contributed by atoms with Gasteiger partial charge in [0.15, 0.2) is 0 Å². The molecule has 76 valence electrons. The van der Waals surface area contributed by atoms with Gasteiger partial charge >= 0.3 is 5.97 Å². The van der Waals surface area contributed by atoms with E-state index in [4.69, 9.17) is 5.11 Å². The van der Waals surface area contributed by atoms with Gasteiger partial charge in [-0.05, 0) is 6.54 Å². The fourth-order valence-corrected chi connectivity index (χ4v) is 1.04. The third-order valence-corrected chi connectivity index (χ3v) is 1.79. The minimum absolute atomic E-state index is 0.0377. The van der Waals surface area contributed by atoms with Gasteiger partial charge < -0.3 is 10.4 Å². The van der Waals surface area contributed by atoms with Crippen molar-refractivity contribution in [3.63, 3.8) is 0 Å². The number of amides is 1. The van der Waals surface area contributed by atoms with Crippen LogP contribution >= 0.6 is 0 Å². The maximum Gasteiger partial charge on any atom is 0.303 e. The highest BCUT2D eigenvalue weighted by molar-refractivity contribution is 5.80. The van der Waals surface area contributed by atoms with Gasteiger partial charge in [0.2, 0.25) is 5.91 Å². The molecule has 0 saturated carbocycles. The van der Waals surface area contributed by atoms with Crippen LogP contribution in [0.3, 0.4) is 0 Å². The Labute approximate surface area is 81.9 Å². The van der Waals surface area contributed by atoms with Crippen molar-refractivity contribution in [2.24, 2.45) is 0 Å². The number of carboxylic acid groups (broad SMARTS) is 1. The Balaban J connectivity index is 2.18. The molecule has 0 aliphatic carbocycles. The Kier molecular flexibility index (Phi) is 3.79. The van der Waals surface area contributed by atoms with Crippen molar-refractivity contribution in [1.29, 1.82) is 0 Å². The lowest BCUT2D eigenvalue weighted by Crippen LogP contribution is -2.22. The molecule has 4 nitrogen and oxygen atoms in total. The van der Waals surface area contributed by atoms with Crippen molar-refractivity contribution in [3.8, 4) is 0 Å². The summed E-state index contributed by atoms with van der Waals surface area (Å²) in [5.74, 6) is -1.18. The van der Waals surface area contributed by atoms with Gasteiger partial charge in [-0.1, -0.05) is 0 Å². The number of aliphatic carboxylic acids is 1. The van der Waals surface area contributed by atoms with E-state index in [9.17, 15) is 9.59 Å². The van der Waals surface area contributed by atoms with Gasteiger partial charge in [0, 0.05) is 6.42 Å². The predicted molar refractivity (Wildman–Crippen MR) is 50.8 cm³/mol. The molecule has 2 N–H and O–H groups in total. The summed E-state index contributed by atoms with van der Waals surface area (Å²) in [5, 5.41) is 11.0. The molecule has 0 atom stereocenters. The number of hydrogen-bond donors (Lipinski definition) is 2. The molecular formula is C10H12NO3-. The zero-order valence-electron chi connectivity index (χ0n) is 7.69. The number of hydrogen-bond acceptors (Lipinski definition) is 2. The molecule has 14 heavy (non-hydrogen) atoms. The van der Waals surface area contributed by atoms with Crippen LogP contribution in [0.5, 0.6) is 0 Å². The second-order valence-corrected chi connectivity index (χ2v) is 2.96. The summed E-state index contributed by atoms with van der Waals surface area (Å²) in [4.78, 5) is 21.2. The third-order valence-electron chi connectivity index (χ3n) is 1.79. The monoisotopic (exact) mass is 194 g/mol. The number of carbonyl (C=O) groups is 2. The highest BCUT2D eigenvalue weighted by Crippen LogP contribution is 1.99. The fraction of sp³-hybridized carbons (Fsp3) is 0.300. The van der Waals surface area contributed by atoms with Crippen LogP contribution in [-0.2, 0) is 16.1 Å². The topological polar surface area (TPSA) is 66.4 Å². The molecule has 0 saturated heterocycles. The van der Waals surface area contributed by atoms with Gasteiger partial charge in [-0.3, -0.25) is 9.59 Å². The molecular weight excluding hydrogens is 182 g/mol. The smallest absolute Gasteiger partial charge is 0.303 e. The number of carbonyl (C=O) groups excluding carboxylic acids is 1. The molecule has 1 rings (SSSR count). The number of rotatable bonds is 5.